The third-order valence-corrected chi connectivity index (χ3v) is 4.27. The third kappa shape index (κ3) is 4.62. The molecule has 30 heavy (non-hydrogen) atoms. The highest BCUT2D eigenvalue weighted by atomic mass is 35.5. The fraction of sp³-hybridized carbons (Fsp3) is 0.0952. The summed E-state index contributed by atoms with van der Waals surface area (Å²) in [6.45, 7) is -0.0676. The van der Waals surface area contributed by atoms with Crippen LogP contribution in [-0.2, 0) is 12.7 Å². The minimum absolute atomic E-state index is 0.0654. The molecular formula is C21H11ClF3N3O2. The van der Waals surface area contributed by atoms with Gasteiger partial charge >= 0.3 is 6.18 Å². The van der Waals surface area contributed by atoms with E-state index < -0.39 is 23.0 Å². The third-order valence-electron chi connectivity index (χ3n) is 4.06. The molecule has 0 aliphatic rings. The number of benzene rings is 2. The van der Waals surface area contributed by atoms with Gasteiger partial charge in [0, 0.05) is 11.2 Å². The summed E-state index contributed by atoms with van der Waals surface area (Å²) in [5, 5.41) is 18.1. The highest BCUT2D eigenvalue weighted by Crippen LogP contribution is 2.36. The highest BCUT2D eigenvalue weighted by molar-refractivity contribution is 6.30. The summed E-state index contributed by atoms with van der Waals surface area (Å²) in [6.07, 6.45) is -3.83. The van der Waals surface area contributed by atoms with Crippen molar-refractivity contribution >= 4 is 11.6 Å². The second-order valence-corrected chi connectivity index (χ2v) is 6.63. The Morgan fingerprint density at radius 3 is 2.43 bits per heavy atom. The summed E-state index contributed by atoms with van der Waals surface area (Å²) >= 11 is 5.87. The topological polar surface area (TPSA) is 78.8 Å². The molecule has 0 saturated carbocycles. The molecule has 0 radical (unpaired) electrons. The van der Waals surface area contributed by atoms with E-state index in [2.05, 4.69) is 0 Å². The average molecular weight is 430 g/mol. The second kappa shape index (κ2) is 8.32. The van der Waals surface area contributed by atoms with Gasteiger partial charge < -0.3 is 9.30 Å². The lowest BCUT2D eigenvalue weighted by Gasteiger charge is -2.16. The van der Waals surface area contributed by atoms with E-state index in [4.69, 9.17) is 26.9 Å². The molecule has 1 aromatic heterocycles. The monoisotopic (exact) mass is 429 g/mol. The van der Waals surface area contributed by atoms with Crippen LogP contribution in [0.5, 0.6) is 11.5 Å². The molecule has 150 valence electrons. The summed E-state index contributed by atoms with van der Waals surface area (Å²) in [5.41, 5.74) is -1.31. The molecule has 0 bridgehead atoms. The first-order valence-electron chi connectivity index (χ1n) is 8.39. The largest absolute Gasteiger partial charge is 0.451 e. The zero-order valence-electron chi connectivity index (χ0n) is 15.1. The molecule has 0 unspecified atom stereocenters. The van der Waals surface area contributed by atoms with Crippen LogP contribution in [-0.4, -0.2) is 4.57 Å². The van der Waals surface area contributed by atoms with E-state index in [-0.39, 0.29) is 22.9 Å². The first-order chi connectivity index (χ1) is 14.2. The Morgan fingerprint density at radius 2 is 1.77 bits per heavy atom. The number of alkyl halides is 3. The minimum atomic E-state index is -4.84. The molecular weight excluding hydrogens is 419 g/mol. The van der Waals surface area contributed by atoms with Gasteiger partial charge in [0.2, 0.25) is 5.75 Å². The summed E-state index contributed by atoms with van der Waals surface area (Å²) in [6, 6.07) is 14.5. The fourth-order valence-electron chi connectivity index (χ4n) is 2.74. The van der Waals surface area contributed by atoms with Crippen LogP contribution in [0.2, 0.25) is 5.02 Å². The first-order valence-corrected chi connectivity index (χ1v) is 8.77. The summed E-state index contributed by atoms with van der Waals surface area (Å²) in [4.78, 5) is 12.8. The SMILES string of the molecule is N#Cc1cccc(Cn2ccc(C(F)(F)F)c(Oc3cc(Cl)cc(C#N)c3)c2=O)c1. The van der Waals surface area contributed by atoms with Crippen LogP contribution in [0.1, 0.15) is 22.3 Å². The van der Waals surface area contributed by atoms with Gasteiger partial charge in [0.15, 0.2) is 0 Å². The van der Waals surface area contributed by atoms with Gasteiger partial charge in [-0.25, -0.2) is 0 Å². The lowest BCUT2D eigenvalue weighted by atomic mass is 10.1. The molecule has 3 rings (SSSR count). The van der Waals surface area contributed by atoms with Crippen molar-refractivity contribution in [3.63, 3.8) is 0 Å². The first kappa shape index (κ1) is 21.0. The Balaban J connectivity index is 2.09. The molecule has 1 heterocycles. The van der Waals surface area contributed by atoms with E-state index in [0.29, 0.717) is 11.1 Å². The van der Waals surface area contributed by atoms with Crippen molar-refractivity contribution in [2.24, 2.45) is 0 Å². The van der Waals surface area contributed by atoms with Crippen LogP contribution in [0.3, 0.4) is 0 Å². The molecule has 0 amide bonds. The van der Waals surface area contributed by atoms with Crippen molar-refractivity contribution in [3.8, 4) is 23.6 Å². The van der Waals surface area contributed by atoms with E-state index in [1.807, 2.05) is 12.1 Å². The van der Waals surface area contributed by atoms with Gasteiger partial charge in [0.05, 0.1) is 29.8 Å². The number of aromatic nitrogens is 1. The molecule has 0 aliphatic heterocycles. The number of nitriles is 2. The van der Waals surface area contributed by atoms with Crippen molar-refractivity contribution in [3.05, 3.63) is 92.4 Å². The Bertz CT molecular complexity index is 1250. The number of rotatable bonds is 4. The number of ether oxygens (including phenoxy) is 1. The number of hydrogen-bond donors (Lipinski definition) is 0. The minimum Gasteiger partial charge on any atom is -0.451 e. The fourth-order valence-corrected chi connectivity index (χ4v) is 2.96. The van der Waals surface area contributed by atoms with Crippen molar-refractivity contribution in [1.29, 1.82) is 10.5 Å². The Morgan fingerprint density at radius 1 is 1.03 bits per heavy atom. The predicted octanol–water partition coefficient (Wildman–Crippen LogP) is 5.10. The van der Waals surface area contributed by atoms with E-state index in [1.165, 1.54) is 24.3 Å². The average Bonchev–Trinajstić information content (AvgIpc) is 2.69. The quantitative estimate of drug-likeness (QED) is 0.577. The molecule has 0 spiro atoms. The molecule has 2 aromatic carbocycles. The van der Waals surface area contributed by atoms with Crippen molar-refractivity contribution in [2.45, 2.75) is 12.7 Å². The van der Waals surface area contributed by atoms with Crippen molar-refractivity contribution in [1.82, 2.24) is 4.57 Å². The van der Waals surface area contributed by atoms with Gasteiger partial charge in [-0.05, 0) is 42.0 Å². The van der Waals surface area contributed by atoms with Crippen LogP contribution in [0, 0.1) is 22.7 Å². The van der Waals surface area contributed by atoms with Gasteiger partial charge in [-0.2, -0.15) is 23.7 Å². The maximum absolute atomic E-state index is 13.5. The maximum atomic E-state index is 13.5. The summed E-state index contributed by atoms with van der Waals surface area (Å²) < 4.78 is 46.7. The molecule has 3 aromatic rings. The number of nitrogens with zero attached hydrogens (tertiary/aromatic N) is 3. The van der Waals surface area contributed by atoms with Crippen LogP contribution in [0.4, 0.5) is 13.2 Å². The van der Waals surface area contributed by atoms with E-state index >= 15 is 0 Å². The van der Waals surface area contributed by atoms with E-state index in [0.717, 1.165) is 16.8 Å². The zero-order valence-corrected chi connectivity index (χ0v) is 15.8. The molecule has 9 heteroatoms. The Hall–Kier alpha value is -3.75. The zero-order chi connectivity index (χ0) is 21.9. The molecule has 0 saturated heterocycles. The molecule has 0 fully saturated rings. The lowest BCUT2D eigenvalue weighted by molar-refractivity contribution is -0.138. The molecule has 5 nitrogen and oxygen atoms in total. The summed E-state index contributed by atoms with van der Waals surface area (Å²) in [5.74, 6) is -1.11. The van der Waals surface area contributed by atoms with Gasteiger partial charge in [-0.3, -0.25) is 4.79 Å². The van der Waals surface area contributed by atoms with E-state index in [1.54, 1.807) is 18.2 Å². The van der Waals surface area contributed by atoms with Crippen LogP contribution < -0.4 is 10.3 Å². The normalized spacial score (nSPS) is 10.9. The van der Waals surface area contributed by atoms with Crippen molar-refractivity contribution < 1.29 is 17.9 Å². The Labute approximate surface area is 173 Å². The van der Waals surface area contributed by atoms with Gasteiger partial charge in [0.1, 0.15) is 11.3 Å². The van der Waals surface area contributed by atoms with E-state index in [9.17, 15) is 18.0 Å². The lowest BCUT2D eigenvalue weighted by Crippen LogP contribution is -2.25. The van der Waals surface area contributed by atoms with Gasteiger partial charge in [-0.1, -0.05) is 23.7 Å². The molecule has 0 aliphatic carbocycles. The number of hydrogen-bond acceptors (Lipinski definition) is 4. The van der Waals surface area contributed by atoms with Crippen LogP contribution in [0.25, 0.3) is 0 Å². The molecule has 0 atom stereocenters. The molecule has 0 N–H and O–H groups in total. The maximum Gasteiger partial charge on any atom is 0.420 e. The van der Waals surface area contributed by atoms with Crippen molar-refractivity contribution in [2.75, 3.05) is 0 Å². The Kier molecular flexibility index (Phi) is 5.81. The highest BCUT2D eigenvalue weighted by Gasteiger charge is 2.36. The van der Waals surface area contributed by atoms with Gasteiger partial charge in [-0.15, -0.1) is 0 Å². The smallest absolute Gasteiger partial charge is 0.420 e. The summed E-state index contributed by atoms with van der Waals surface area (Å²) in [7, 11) is 0. The van der Waals surface area contributed by atoms with Crippen LogP contribution in [0.15, 0.2) is 59.5 Å². The number of pyridine rings is 1. The predicted molar refractivity (Wildman–Crippen MR) is 102 cm³/mol. The van der Waals surface area contributed by atoms with Gasteiger partial charge in [0.25, 0.3) is 5.56 Å². The number of halogens is 4. The standard InChI is InChI=1S/C21H11ClF3N3O2/c22-16-7-15(11-27)8-17(9-16)30-19-18(21(23,24)25)4-5-28(20(19)29)12-14-3-1-2-13(6-14)10-26/h1-9H,12H2. The second-order valence-electron chi connectivity index (χ2n) is 6.19. The van der Waals surface area contributed by atoms with Crippen LogP contribution >= 0.6 is 11.6 Å².